The van der Waals surface area contributed by atoms with Gasteiger partial charge in [0.25, 0.3) is 0 Å². The third-order valence-corrected chi connectivity index (χ3v) is 6.14. The Morgan fingerprint density at radius 3 is 2.18 bits per heavy atom. The molecule has 1 N–H and O–H groups in total. The lowest BCUT2D eigenvalue weighted by atomic mass is 9.48. The fourth-order valence-electron chi connectivity index (χ4n) is 5.92. The maximum Gasteiger partial charge on any atom is 0.0649 e. The van der Waals surface area contributed by atoms with E-state index < -0.39 is 0 Å². The number of nitrogens with one attached hydrogen (secondary N) is 1. The first kappa shape index (κ1) is 10.8. The smallest absolute Gasteiger partial charge is 0.0649 e. The summed E-state index contributed by atoms with van der Waals surface area (Å²) in [6.45, 7) is 5.33. The van der Waals surface area contributed by atoms with Crippen LogP contribution in [0.2, 0.25) is 0 Å². The van der Waals surface area contributed by atoms with Gasteiger partial charge in [0.1, 0.15) is 0 Å². The number of ether oxygens (including phenoxy) is 1. The minimum absolute atomic E-state index is 0.279. The highest BCUT2D eigenvalue weighted by atomic mass is 16.5. The second kappa shape index (κ2) is 3.71. The molecule has 0 aromatic rings. The van der Waals surface area contributed by atoms with Crippen molar-refractivity contribution < 1.29 is 4.74 Å². The summed E-state index contributed by atoms with van der Waals surface area (Å²) in [4.78, 5) is 0. The van der Waals surface area contributed by atoms with Gasteiger partial charge in [-0.2, -0.15) is 0 Å². The van der Waals surface area contributed by atoms with Crippen molar-refractivity contribution in [3.8, 4) is 0 Å². The standard InChI is InChI=1S/C15H25NO/c1-15(9-17-3-2-16-15)14-12-5-10-4-11(7-12)8-13(14)6-10/h10-14,16H,2-9H2,1H3. The van der Waals surface area contributed by atoms with E-state index in [4.69, 9.17) is 4.74 Å². The Morgan fingerprint density at radius 2 is 1.65 bits per heavy atom. The summed E-state index contributed by atoms with van der Waals surface area (Å²) in [5.41, 5.74) is 0.279. The molecule has 0 spiro atoms. The van der Waals surface area contributed by atoms with Gasteiger partial charge in [-0.3, -0.25) is 0 Å². The Hall–Kier alpha value is -0.0800. The molecule has 2 heteroatoms. The summed E-state index contributed by atoms with van der Waals surface area (Å²) >= 11 is 0. The Bertz CT molecular complexity index is 280. The van der Waals surface area contributed by atoms with Crippen LogP contribution in [-0.4, -0.2) is 25.3 Å². The minimum Gasteiger partial charge on any atom is -0.378 e. The van der Waals surface area contributed by atoms with Crippen molar-refractivity contribution in [2.24, 2.45) is 29.6 Å². The Labute approximate surface area is 104 Å². The second-order valence-corrected chi connectivity index (χ2v) is 7.35. The van der Waals surface area contributed by atoms with Crippen LogP contribution in [0.3, 0.4) is 0 Å². The van der Waals surface area contributed by atoms with Crippen LogP contribution in [0.1, 0.15) is 39.0 Å². The Kier molecular flexibility index (Phi) is 2.36. The van der Waals surface area contributed by atoms with Crippen molar-refractivity contribution in [2.75, 3.05) is 19.8 Å². The predicted octanol–water partition coefficient (Wildman–Crippen LogP) is 2.44. The highest BCUT2D eigenvalue weighted by Crippen LogP contribution is 2.59. The molecule has 1 atom stereocenters. The maximum absolute atomic E-state index is 5.78. The van der Waals surface area contributed by atoms with E-state index in [1.54, 1.807) is 6.42 Å². The quantitative estimate of drug-likeness (QED) is 0.754. The topological polar surface area (TPSA) is 21.3 Å². The van der Waals surface area contributed by atoms with Gasteiger partial charge in [-0.15, -0.1) is 0 Å². The van der Waals surface area contributed by atoms with Gasteiger partial charge < -0.3 is 10.1 Å². The monoisotopic (exact) mass is 235 g/mol. The zero-order chi connectivity index (χ0) is 11.5. The van der Waals surface area contributed by atoms with Crippen LogP contribution >= 0.6 is 0 Å². The van der Waals surface area contributed by atoms with E-state index in [1.807, 2.05) is 0 Å². The molecular weight excluding hydrogens is 210 g/mol. The second-order valence-electron chi connectivity index (χ2n) is 7.35. The molecule has 96 valence electrons. The Morgan fingerprint density at radius 1 is 1.00 bits per heavy atom. The predicted molar refractivity (Wildman–Crippen MR) is 67.8 cm³/mol. The fourth-order valence-corrected chi connectivity index (χ4v) is 5.92. The molecule has 4 saturated carbocycles. The SMILES string of the molecule is CC1(C2C3CC4CC(C3)CC2C4)COCCN1. The van der Waals surface area contributed by atoms with Crippen molar-refractivity contribution in [3.05, 3.63) is 0 Å². The van der Waals surface area contributed by atoms with Crippen molar-refractivity contribution in [2.45, 2.75) is 44.6 Å². The highest BCUT2D eigenvalue weighted by Gasteiger charge is 2.54. The minimum atomic E-state index is 0.279. The van der Waals surface area contributed by atoms with Crippen LogP contribution < -0.4 is 5.32 Å². The highest BCUT2D eigenvalue weighted by molar-refractivity contribution is 5.07. The lowest BCUT2D eigenvalue weighted by Gasteiger charge is -2.60. The molecule has 4 bridgehead atoms. The van der Waals surface area contributed by atoms with Crippen molar-refractivity contribution in [3.63, 3.8) is 0 Å². The largest absolute Gasteiger partial charge is 0.378 e. The molecule has 2 nitrogen and oxygen atoms in total. The summed E-state index contributed by atoms with van der Waals surface area (Å²) in [7, 11) is 0. The van der Waals surface area contributed by atoms with Gasteiger partial charge in [0, 0.05) is 12.1 Å². The van der Waals surface area contributed by atoms with Crippen LogP contribution in [0, 0.1) is 29.6 Å². The molecule has 4 aliphatic carbocycles. The molecule has 1 aliphatic heterocycles. The molecule has 1 heterocycles. The summed E-state index contributed by atoms with van der Waals surface area (Å²) in [5.74, 6) is 5.08. The molecule has 1 saturated heterocycles. The van der Waals surface area contributed by atoms with Gasteiger partial charge in [-0.05, 0) is 68.6 Å². The van der Waals surface area contributed by atoms with Crippen LogP contribution in [0.25, 0.3) is 0 Å². The zero-order valence-electron chi connectivity index (χ0n) is 11.0. The first-order chi connectivity index (χ1) is 8.24. The van der Waals surface area contributed by atoms with E-state index in [1.165, 1.54) is 25.7 Å². The first-order valence-electron chi connectivity index (χ1n) is 7.57. The molecule has 17 heavy (non-hydrogen) atoms. The number of hydrogen-bond donors (Lipinski definition) is 1. The lowest BCUT2D eigenvalue weighted by molar-refractivity contribution is -0.106. The molecule has 5 aliphatic rings. The van der Waals surface area contributed by atoms with Gasteiger partial charge in [0.15, 0.2) is 0 Å². The van der Waals surface area contributed by atoms with E-state index in [2.05, 4.69) is 12.2 Å². The van der Waals surface area contributed by atoms with E-state index in [-0.39, 0.29) is 5.54 Å². The number of hydrogen-bond acceptors (Lipinski definition) is 2. The third kappa shape index (κ3) is 1.60. The Balaban J connectivity index is 1.61. The average molecular weight is 235 g/mol. The summed E-state index contributed by atoms with van der Waals surface area (Å²) < 4.78 is 5.78. The summed E-state index contributed by atoms with van der Waals surface area (Å²) in [6.07, 6.45) is 7.65. The van der Waals surface area contributed by atoms with Gasteiger partial charge in [0.2, 0.25) is 0 Å². The van der Waals surface area contributed by atoms with Crippen molar-refractivity contribution >= 4 is 0 Å². The molecule has 0 amide bonds. The molecule has 0 aromatic heterocycles. The van der Waals surface area contributed by atoms with Crippen LogP contribution in [0.15, 0.2) is 0 Å². The molecule has 1 unspecified atom stereocenters. The molecule has 5 rings (SSSR count). The van der Waals surface area contributed by atoms with E-state index >= 15 is 0 Å². The van der Waals surface area contributed by atoms with Crippen molar-refractivity contribution in [1.29, 1.82) is 0 Å². The fraction of sp³-hybridized carbons (Fsp3) is 1.00. The van der Waals surface area contributed by atoms with Crippen LogP contribution in [0.4, 0.5) is 0 Å². The summed E-state index contributed by atoms with van der Waals surface area (Å²) in [6, 6.07) is 0. The summed E-state index contributed by atoms with van der Waals surface area (Å²) in [5, 5.41) is 3.80. The molecule has 0 radical (unpaired) electrons. The van der Waals surface area contributed by atoms with Crippen LogP contribution in [-0.2, 0) is 4.74 Å². The molecular formula is C15H25NO. The van der Waals surface area contributed by atoms with E-state index in [0.717, 1.165) is 49.3 Å². The first-order valence-corrected chi connectivity index (χ1v) is 7.57. The zero-order valence-corrected chi connectivity index (χ0v) is 11.0. The normalized spacial score (nSPS) is 57.4. The third-order valence-electron chi connectivity index (χ3n) is 6.14. The van der Waals surface area contributed by atoms with Gasteiger partial charge in [0.05, 0.1) is 13.2 Å². The van der Waals surface area contributed by atoms with Crippen molar-refractivity contribution in [1.82, 2.24) is 5.32 Å². The number of morpholine rings is 1. The van der Waals surface area contributed by atoms with Gasteiger partial charge in [-0.1, -0.05) is 0 Å². The van der Waals surface area contributed by atoms with Crippen LogP contribution in [0.5, 0.6) is 0 Å². The van der Waals surface area contributed by atoms with Gasteiger partial charge in [-0.25, -0.2) is 0 Å². The van der Waals surface area contributed by atoms with E-state index in [9.17, 15) is 0 Å². The molecule has 5 fully saturated rings. The maximum atomic E-state index is 5.78. The van der Waals surface area contributed by atoms with Gasteiger partial charge >= 0.3 is 0 Å². The lowest BCUT2D eigenvalue weighted by Crippen LogP contribution is -2.63. The average Bonchev–Trinajstić information content (AvgIpc) is 2.27. The van der Waals surface area contributed by atoms with E-state index in [0.29, 0.717) is 0 Å². The molecule has 0 aromatic carbocycles. The number of rotatable bonds is 1.